The molecule has 1 saturated carbocycles. The summed E-state index contributed by atoms with van der Waals surface area (Å²) in [6, 6.07) is 0. The maximum atomic E-state index is 11.7. The van der Waals surface area contributed by atoms with E-state index in [9.17, 15) is 4.79 Å². The van der Waals surface area contributed by atoms with E-state index in [0.717, 1.165) is 32.0 Å². The zero-order valence-electron chi connectivity index (χ0n) is 10.8. The van der Waals surface area contributed by atoms with E-state index in [-0.39, 0.29) is 18.3 Å². The molecule has 1 aliphatic heterocycles. The van der Waals surface area contributed by atoms with Crippen molar-refractivity contribution in [2.45, 2.75) is 45.4 Å². The van der Waals surface area contributed by atoms with E-state index >= 15 is 0 Å². The van der Waals surface area contributed by atoms with Crippen LogP contribution in [0.5, 0.6) is 0 Å². The summed E-state index contributed by atoms with van der Waals surface area (Å²) in [5.41, 5.74) is 0.477. The molecule has 4 heteroatoms. The molecule has 1 amide bonds. The smallest absolute Gasteiger partial charge is 0.220 e. The summed E-state index contributed by atoms with van der Waals surface area (Å²) >= 11 is 0. The van der Waals surface area contributed by atoms with Gasteiger partial charge in [0.25, 0.3) is 0 Å². The molecule has 2 rings (SSSR count). The summed E-state index contributed by atoms with van der Waals surface area (Å²) in [4.78, 5) is 11.7. The molecule has 2 fully saturated rings. The number of rotatable bonds is 6. The van der Waals surface area contributed by atoms with E-state index in [2.05, 4.69) is 17.6 Å². The molecule has 0 spiro atoms. The average molecular weight is 261 g/mol. The van der Waals surface area contributed by atoms with Crippen molar-refractivity contribution in [3.05, 3.63) is 0 Å². The fraction of sp³-hybridized carbons (Fsp3) is 0.923. The molecule has 1 aliphatic carbocycles. The van der Waals surface area contributed by atoms with Crippen LogP contribution in [0.3, 0.4) is 0 Å². The Morgan fingerprint density at radius 2 is 2.24 bits per heavy atom. The van der Waals surface area contributed by atoms with Gasteiger partial charge in [-0.1, -0.05) is 6.92 Å². The van der Waals surface area contributed by atoms with Crippen LogP contribution in [0, 0.1) is 11.3 Å². The lowest BCUT2D eigenvalue weighted by molar-refractivity contribution is -0.121. The highest BCUT2D eigenvalue weighted by molar-refractivity contribution is 5.85. The quantitative estimate of drug-likeness (QED) is 0.768. The molecule has 1 heterocycles. The Kier molecular flexibility index (Phi) is 5.74. The molecular weight excluding hydrogens is 236 g/mol. The number of hydrogen-bond donors (Lipinski definition) is 2. The van der Waals surface area contributed by atoms with Gasteiger partial charge in [0, 0.05) is 13.0 Å². The van der Waals surface area contributed by atoms with E-state index in [1.807, 2.05) is 0 Å². The number of hydrogen-bond acceptors (Lipinski definition) is 2. The van der Waals surface area contributed by atoms with Crippen molar-refractivity contribution in [1.82, 2.24) is 10.6 Å². The summed E-state index contributed by atoms with van der Waals surface area (Å²) < 4.78 is 0. The van der Waals surface area contributed by atoms with Crippen molar-refractivity contribution in [1.29, 1.82) is 0 Å². The van der Waals surface area contributed by atoms with Crippen molar-refractivity contribution < 1.29 is 4.79 Å². The molecule has 1 atom stereocenters. The highest BCUT2D eigenvalue weighted by Gasteiger charge is 2.40. The average Bonchev–Trinajstić information content (AvgIpc) is 2.90. The molecule has 17 heavy (non-hydrogen) atoms. The summed E-state index contributed by atoms with van der Waals surface area (Å²) in [5.74, 6) is 0.985. The van der Waals surface area contributed by atoms with Crippen molar-refractivity contribution in [3.8, 4) is 0 Å². The number of carbonyl (C=O) groups is 1. The number of amides is 1. The van der Waals surface area contributed by atoms with Crippen LogP contribution in [0.1, 0.15) is 45.4 Å². The third-order valence-corrected chi connectivity index (χ3v) is 4.31. The van der Waals surface area contributed by atoms with Gasteiger partial charge in [0.15, 0.2) is 0 Å². The summed E-state index contributed by atoms with van der Waals surface area (Å²) in [7, 11) is 0. The summed E-state index contributed by atoms with van der Waals surface area (Å²) in [6.07, 6.45) is 6.82. The third-order valence-electron chi connectivity index (χ3n) is 4.31. The van der Waals surface area contributed by atoms with Crippen LogP contribution < -0.4 is 10.6 Å². The minimum atomic E-state index is 0. The summed E-state index contributed by atoms with van der Waals surface area (Å²) in [5, 5.41) is 6.44. The van der Waals surface area contributed by atoms with Crippen LogP contribution in [0.4, 0.5) is 0 Å². The Balaban J connectivity index is 0.00000144. The van der Waals surface area contributed by atoms with Crippen molar-refractivity contribution >= 4 is 18.3 Å². The van der Waals surface area contributed by atoms with Crippen LogP contribution in [-0.2, 0) is 4.79 Å². The maximum absolute atomic E-state index is 11.7. The van der Waals surface area contributed by atoms with Crippen LogP contribution in [0.25, 0.3) is 0 Å². The minimum absolute atomic E-state index is 0. The highest BCUT2D eigenvalue weighted by atomic mass is 35.5. The Morgan fingerprint density at radius 1 is 1.47 bits per heavy atom. The van der Waals surface area contributed by atoms with Gasteiger partial charge in [-0.15, -0.1) is 12.4 Å². The van der Waals surface area contributed by atoms with Gasteiger partial charge in [-0.3, -0.25) is 4.79 Å². The first-order chi connectivity index (χ1) is 7.74. The highest BCUT2D eigenvalue weighted by Crippen LogP contribution is 2.47. The van der Waals surface area contributed by atoms with Crippen LogP contribution in [0.2, 0.25) is 0 Å². The van der Waals surface area contributed by atoms with Gasteiger partial charge >= 0.3 is 0 Å². The first kappa shape index (κ1) is 14.8. The zero-order chi connectivity index (χ0) is 11.4. The van der Waals surface area contributed by atoms with Gasteiger partial charge < -0.3 is 10.6 Å². The fourth-order valence-electron chi connectivity index (χ4n) is 2.50. The van der Waals surface area contributed by atoms with Gasteiger partial charge in [0.2, 0.25) is 5.91 Å². The van der Waals surface area contributed by atoms with Crippen molar-refractivity contribution in [2.75, 3.05) is 19.6 Å². The van der Waals surface area contributed by atoms with Crippen molar-refractivity contribution in [3.63, 3.8) is 0 Å². The lowest BCUT2D eigenvalue weighted by Crippen LogP contribution is -2.30. The van der Waals surface area contributed by atoms with E-state index in [1.54, 1.807) is 0 Å². The molecule has 100 valence electrons. The number of nitrogens with one attached hydrogen (secondary N) is 2. The molecule has 1 saturated heterocycles. The van der Waals surface area contributed by atoms with Gasteiger partial charge in [-0.05, 0) is 56.5 Å². The Bertz CT molecular complexity index is 248. The van der Waals surface area contributed by atoms with Gasteiger partial charge in [0.1, 0.15) is 0 Å². The second-order valence-corrected chi connectivity index (χ2v) is 5.53. The number of carbonyl (C=O) groups excluding carboxylic acids is 1. The standard InChI is InChI=1S/C13H24N2O.ClH/c1-2-13(6-7-13)10-15-12(16)4-3-11-5-8-14-9-11;/h11,14H,2-10H2,1H3,(H,15,16);1H. The van der Waals surface area contributed by atoms with E-state index in [4.69, 9.17) is 0 Å². The molecule has 0 bridgehead atoms. The normalized spacial score (nSPS) is 25.1. The zero-order valence-corrected chi connectivity index (χ0v) is 11.6. The van der Waals surface area contributed by atoms with E-state index in [0.29, 0.717) is 11.8 Å². The maximum Gasteiger partial charge on any atom is 0.220 e. The third kappa shape index (κ3) is 4.47. The monoisotopic (exact) mass is 260 g/mol. The molecule has 0 aromatic rings. The second kappa shape index (κ2) is 6.60. The second-order valence-electron chi connectivity index (χ2n) is 5.53. The molecule has 1 unspecified atom stereocenters. The van der Waals surface area contributed by atoms with Gasteiger partial charge in [-0.25, -0.2) is 0 Å². The molecular formula is C13H25ClN2O. The number of halogens is 1. The van der Waals surface area contributed by atoms with Gasteiger partial charge in [0.05, 0.1) is 0 Å². The molecule has 2 N–H and O–H groups in total. The predicted octanol–water partition coefficient (Wildman–Crippen LogP) is 2.10. The lowest BCUT2D eigenvalue weighted by atomic mass is 10.0. The molecule has 0 aromatic heterocycles. The van der Waals surface area contributed by atoms with Gasteiger partial charge in [-0.2, -0.15) is 0 Å². The summed E-state index contributed by atoms with van der Waals surface area (Å²) in [6.45, 7) is 5.37. The van der Waals surface area contributed by atoms with Crippen LogP contribution in [-0.4, -0.2) is 25.5 Å². The molecule has 2 aliphatic rings. The Labute approximate surface area is 111 Å². The predicted molar refractivity (Wildman–Crippen MR) is 72.4 cm³/mol. The topological polar surface area (TPSA) is 41.1 Å². The molecule has 3 nitrogen and oxygen atoms in total. The lowest BCUT2D eigenvalue weighted by Gasteiger charge is -2.14. The Morgan fingerprint density at radius 3 is 2.76 bits per heavy atom. The van der Waals surface area contributed by atoms with Crippen LogP contribution >= 0.6 is 12.4 Å². The SMILES string of the molecule is CCC1(CNC(=O)CCC2CCNC2)CC1.Cl. The van der Waals surface area contributed by atoms with Crippen LogP contribution in [0.15, 0.2) is 0 Å². The Hall–Kier alpha value is -0.280. The fourth-order valence-corrected chi connectivity index (χ4v) is 2.50. The first-order valence-corrected chi connectivity index (χ1v) is 6.71. The first-order valence-electron chi connectivity index (χ1n) is 6.71. The molecule has 0 radical (unpaired) electrons. The van der Waals surface area contributed by atoms with E-state index < -0.39 is 0 Å². The molecule has 0 aromatic carbocycles. The minimum Gasteiger partial charge on any atom is -0.356 e. The van der Waals surface area contributed by atoms with E-state index in [1.165, 1.54) is 25.7 Å². The van der Waals surface area contributed by atoms with Crippen molar-refractivity contribution in [2.24, 2.45) is 11.3 Å². The largest absolute Gasteiger partial charge is 0.356 e.